The summed E-state index contributed by atoms with van der Waals surface area (Å²) in [7, 11) is 0. The van der Waals surface area contributed by atoms with Gasteiger partial charge in [0.2, 0.25) is 5.91 Å². The van der Waals surface area contributed by atoms with Crippen LogP contribution in [-0.4, -0.2) is 18.3 Å². The van der Waals surface area contributed by atoms with Crippen LogP contribution in [0.3, 0.4) is 0 Å². The van der Waals surface area contributed by atoms with Crippen LogP contribution in [-0.2, 0) is 11.4 Å². The monoisotopic (exact) mass is 517 g/mol. The lowest BCUT2D eigenvalue weighted by Crippen LogP contribution is -2.27. The third kappa shape index (κ3) is 5.03. The van der Waals surface area contributed by atoms with Crippen LogP contribution in [0.1, 0.15) is 23.4 Å². The van der Waals surface area contributed by atoms with E-state index in [0.29, 0.717) is 35.5 Å². The van der Waals surface area contributed by atoms with Gasteiger partial charge in [0, 0.05) is 10.7 Å². The number of halogens is 2. The summed E-state index contributed by atoms with van der Waals surface area (Å²) in [5, 5.41) is 0.480. The average molecular weight is 519 g/mol. The number of amides is 1. The number of carbonyl (C=O) groups is 1. The second-order valence-electron chi connectivity index (χ2n) is 6.94. The minimum absolute atomic E-state index is 0.0656. The molecule has 0 spiro atoms. The predicted octanol–water partition coefficient (Wildman–Crippen LogP) is 6.86. The minimum Gasteiger partial charge on any atom is -0.490 e. The van der Waals surface area contributed by atoms with Gasteiger partial charge in [0.05, 0.1) is 16.8 Å². The van der Waals surface area contributed by atoms with Gasteiger partial charge in [-0.1, -0.05) is 41.9 Å². The normalized spacial score (nSPS) is 15.9. The predicted molar refractivity (Wildman–Crippen MR) is 130 cm³/mol. The summed E-state index contributed by atoms with van der Waals surface area (Å²) in [5.41, 5.74) is 2.86. The highest BCUT2D eigenvalue weighted by Gasteiger charge is 2.35. The average Bonchev–Trinajstić information content (AvgIpc) is 3.16. The molecule has 1 aliphatic rings. The van der Waals surface area contributed by atoms with E-state index < -0.39 is 0 Å². The second-order valence-corrected chi connectivity index (χ2v) is 9.30. The van der Waals surface area contributed by atoms with Gasteiger partial charge in [-0.05, 0) is 70.4 Å². The van der Waals surface area contributed by atoms with Crippen LogP contribution in [0.4, 0.5) is 5.69 Å². The first-order valence-electron chi connectivity index (χ1n) is 9.89. The molecule has 1 heterocycles. The van der Waals surface area contributed by atoms with E-state index in [1.807, 2.05) is 66.4 Å². The number of hydrogen-bond donors (Lipinski definition) is 0. The summed E-state index contributed by atoms with van der Waals surface area (Å²) in [6, 6.07) is 21.3. The Hall–Kier alpha value is -2.15. The first-order valence-corrected chi connectivity index (χ1v) is 12.1. The second kappa shape index (κ2) is 9.98. The number of rotatable bonds is 7. The van der Waals surface area contributed by atoms with Gasteiger partial charge < -0.3 is 9.47 Å². The number of ether oxygens (including phenoxy) is 2. The SMILES string of the molecule is CCOc1cc([C@H]2SCC(=O)N2c2ccc(Cl)cc2)cc(Br)c1OCc1ccccc1. The van der Waals surface area contributed by atoms with Gasteiger partial charge in [0.25, 0.3) is 0 Å². The molecule has 1 atom stereocenters. The molecule has 0 aromatic heterocycles. The fourth-order valence-electron chi connectivity index (χ4n) is 3.41. The highest BCUT2D eigenvalue weighted by atomic mass is 79.9. The fourth-order valence-corrected chi connectivity index (χ4v) is 5.27. The number of anilines is 1. The minimum atomic E-state index is -0.160. The maximum Gasteiger partial charge on any atom is 0.238 e. The van der Waals surface area contributed by atoms with Crippen molar-refractivity contribution in [2.45, 2.75) is 18.9 Å². The van der Waals surface area contributed by atoms with Crippen molar-refractivity contribution in [3.05, 3.63) is 87.4 Å². The highest BCUT2D eigenvalue weighted by Crippen LogP contribution is 2.46. The molecular formula is C24H21BrClNO3S. The largest absolute Gasteiger partial charge is 0.490 e. The van der Waals surface area contributed by atoms with Crippen molar-refractivity contribution in [3.63, 3.8) is 0 Å². The van der Waals surface area contributed by atoms with E-state index in [2.05, 4.69) is 15.9 Å². The third-order valence-corrected chi connectivity index (χ3v) is 6.87. The lowest BCUT2D eigenvalue weighted by molar-refractivity contribution is -0.115. The molecule has 160 valence electrons. The van der Waals surface area contributed by atoms with Crippen LogP contribution in [0.5, 0.6) is 11.5 Å². The Morgan fingerprint density at radius 1 is 1.10 bits per heavy atom. The number of hydrogen-bond acceptors (Lipinski definition) is 4. The molecule has 0 N–H and O–H groups in total. The van der Waals surface area contributed by atoms with E-state index >= 15 is 0 Å². The number of benzene rings is 3. The Bertz CT molecular complexity index is 1060. The molecule has 1 amide bonds. The van der Waals surface area contributed by atoms with Gasteiger partial charge in [-0.25, -0.2) is 0 Å². The molecule has 4 nitrogen and oxygen atoms in total. The van der Waals surface area contributed by atoms with Crippen molar-refractivity contribution in [3.8, 4) is 11.5 Å². The van der Waals surface area contributed by atoms with E-state index in [4.69, 9.17) is 21.1 Å². The topological polar surface area (TPSA) is 38.8 Å². The van der Waals surface area contributed by atoms with Gasteiger partial charge in [-0.2, -0.15) is 0 Å². The molecule has 7 heteroatoms. The van der Waals surface area contributed by atoms with Gasteiger partial charge in [-0.15, -0.1) is 11.8 Å². The molecule has 1 saturated heterocycles. The third-order valence-electron chi connectivity index (χ3n) is 4.82. The van der Waals surface area contributed by atoms with Gasteiger partial charge in [0.1, 0.15) is 12.0 Å². The number of thioether (sulfide) groups is 1. The first kappa shape index (κ1) is 22.1. The number of carbonyl (C=O) groups excluding carboxylic acids is 1. The maximum absolute atomic E-state index is 12.7. The molecule has 0 aliphatic carbocycles. The zero-order valence-corrected chi connectivity index (χ0v) is 20.0. The van der Waals surface area contributed by atoms with Crippen LogP contribution in [0, 0.1) is 0 Å². The zero-order chi connectivity index (χ0) is 21.8. The molecule has 0 bridgehead atoms. The lowest BCUT2D eigenvalue weighted by Gasteiger charge is -2.25. The van der Waals surface area contributed by atoms with Gasteiger partial charge in [-0.3, -0.25) is 9.69 Å². The van der Waals surface area contributed by atoms with Gasteiger partial charge >= 0.3 is 0 Å². The van der Waals surface area contributed by atoms with Crippen LogP contribution in [0.2, 0.25) is 5.02 Å². The quantitative estimate of drug-likeness (QED) is 0.342. The van der Waals surface area contributed by atoms with E-state index in [0.717, 1.165) is 21.3 Å². The van der Waals surface area contributed by atoms with E-state index in [1.165, 1.54) is 0 Å². The van der Waals surface area contributed by atoms with E-state index in [9.17, 15) is 4.79 Å². The summed E-state index contributed by atoms with van der Waals surface area (Å²) in [6.45, 7) is 2.89. The Morgan fingerprint density at radius 2 is 1.84 bits per heavy atom. The molecule has 0 unspecified atom stereocenters. The molecule has 0 saturated carbocycles. The van der Waals surface area contributed by atoms with Crippen LogP contribution >= 0.6 is 39.3 Å². The summed E-state index contributed by atoms with van der Waals surface area (Å²) in [6.07, 6.45) is 0. The fraction of sp³-hybridized carbons (Fsp3) is 0.208. The molecule has 0 radical (unpaired) electrons. The smallest absolute Gasteiger partial charge is 0.238 e. The van der Waals surface area contributed by atoms with Crippen LogP contribution < -0.4 is 14.4 Å². The molecule has 1 fully saturated rings. The molecule has 1 aliphatic heterocycles. The summed E-state index contributed by atoms with van der Waals surface area (Å²) in [5.74, 6) is 1.79. The summed E-state index contributed by atoms with van der Waals surface area (Å²) in [4.78, 5) is 14.5. The van der Waals surface area contributed by atoms with Gasteiger partial charge in [0.15, 0.2) is 11.5 Å². The van der Waals surface area contributed by atoms with Crippen molar-refractivity contribution >= 4 is 50.9 Å². The standard InChI is InChI=1S/C24H21BrClNO3S/c1-2-29-21-13-17(12-20(25)23(21)30-14-16-6-4-3-5-7-16)24-27(22(28)15-31-24)19-10-8-18(26)9-11-19/h3-13,24H,2,14-15H2,1H3/t24-/m1/s1. The molecule has 3 aromatic rings. The Kier molecular flexibility index (Phi) is 7.10. The zero-order valence-electron chi connectivity index (χ0n) is 16.9. The number of nitrogens with zero attached hydrogens (tertiary/aromatic N) is 1. The highest BCUT2D eigenvalue weighted by molar-refractivity contribution is 9.10. The van der Waals surface area contributed by atoms with E-state index in [-0.39, 0.29) is 11.3 Å². The van der Waals surface area contributed by atoms with Crippen LogP contribution in [0.15, 0.2) is 71.2 Å². The Labute approximate surface area is 199 Å². The molecule has 3 aromatic carbocycles. The van der Waals surface area contributed by atoms with Crippen LogP contribution in [0.25, 0.3) is 0 Å². The van der Waals surface area contributed by atoms with E-state index in [1.54, 1.807) is 23.9 Å². The van der Waals surface area contributed by atoms with Crippen molar-refractivity contribution in [2.24, 2.45) is 0 Å². The Balaban J connectivity index is 1.65. The lowest BCUT2D eigenvalue weighted by atomic mass is 10.1. The first-order chi connectivity index (χ1) is 15.1. The maximum atomic E-state index is 12.7. The molecule has 31 heavy (non-hydrogen) atoms. The van der Waals surface area contributed by atoms with Crippen molar-refractivity contribution in [1.29, 1.82) is 0 Å². The van der Waals surface area contributed by atoms with Crippen molar-refractivity contribution < 1.29 is 14.3 Å². The van der Waals surface area contributed by atoms with Crippen molar-refractivity contribution in [1.82, 2.24) is 0 Å². The van der Waals surface area contributed by atoms with Crippen molar-refractivity contribution in [2.75, 3.05) is 17.3 Å². The Morgan fingerprint density at radius 3 is 2.55 bits per heavy atom. The summed E-state index contributed by atoms with van der Waals surface area (Å²) >= 11 is 11.3. The molecular weight excluding hydrogens is 498 g/mol. The molecule has 4 rings (SSSR count). The summed E-state index contributed by atoms with van der Waals surface area (Å²) < 4.78 is 12.8.